The van der Waals surface area contributed by atoms with Crippen molar-refractivity contribution in [2.45, 2.75) is 25.4 Å². The van der Waals surface area contributed by atoms with E-state index in [4.69, 9.17) is 4.74 Å². The average Bonchev–Trinajstić information content (AvgIpc) is 2.38. The molecule has 0 spiro atoms. The summed E-state index contributed by atoms with van der Waals surface area (Å²) >= 11 is 0. The molecule has 0 unspecified atom stereocenters. The summed E-state index contributed by atoms with van der Waals surface area (Å²) < 4.78 is 5.20. The molecule has 0 amide bonds. The molecule has 2 heterocycles. The van der Waals surface area contributed by atoms with E-state index in [1.165, 1.54) is 12.3 Å². The van der Waals surface area contributed by atoms with Gasteiger partial charge in [0.1, 0.15) is 12.0 Å². The fourth-order valence-corrected chi connectivity index (χ4v) is 2.02. The van der Waals surface area contributed by atoms with Crippen LogP contribution in [0.15, 0.2) is 12.3 Å². The van der Waals surface area contributed by atoms with E-state index in [0.29, 0.717) is 44.0 Å². The lowest BCUT2D eigenvalue weighted by molar-refractivity contribution is -0.385. The molecule has 0 bridgehead atoms. The lowest BCUT2D eigenvalue weighted by Gasteiger charge is -2.32. The van der Waals surface area contributed by atoms with Crippen molar-refractivity contribution in [1.29, 1.82) is 0 Å². The Kier molecular flexibility index (Phi) is 3.96. The number of aromatic nitrogens is 1. The molecule has 1 fully saturated rings. The van der Waals surface area contributed by atoms with Crippen molar-refractivity contribution in [2.24, 2.45) is 0 Å². The van der Waals surface area contributed by atoms with Crippen molar-refractivity contribution in [3.63, 3.8) is 0 Å². The van der Waals surface area contributed by atoms with Crippen molar-refractivity contribution >= 4 is 11.5 Å². The first-order valence-electron chi connectivity index (χ1n) is 6.15. The number of anilines is 1. The van der Waals surface area contributed by atoms with Gasteiger partial charge in [-0.3, -0.25) is 10.1 Å². The topological polar surface area (TPSA) is 97.5 Å². The predicted octanol–water partition coefficient (Wildman–Crippen LogP) is 1.25. The highest BCUT2D eigenvalue weighted by Crippen LogP contribution is 2.23. The van der Waals surface area contributed by atoms with Gasteiger partial charge in [0, 0.05) is 38.7 Å². The fourth-order valence-electron chi connectivity index (χ4n) is 2.02. The number of rotatable bonds is 4. The van der Waals surface area contributed by atoms with E-state index in [2.05, 4.69) is 10.3 Å². The Balaban J connectivity index is 2.01. The predicted molar refractivity (Wildman–Crippen MR) is 69.1 cm³/mol. The Bertz CT molecular complexity index is 472. The normalized spacial score (nSPS) is 18.0. The molecule has 0 saturated carbocycles. The second-order valence-electron chi connectivity index (χ2n) is 4.81. The number of nitrogens with zero attached hydrogens (tertiary/aromatic N) is 2. The Morgan fingerprint density at radius 2 is 2.26 bits per heavy atom. The Morgan fingerprint density at radius 3 is 2.84 bits per heavy atom. The number of pyridine rings is 1. The summed E-state index contributed by atoms with van der Waals surface area (Å²) in [6.07, 6.45) is 2.36. The zero-order valence-electron chi connectivity index (χ0n) is 10.8. The third-order valence-corrected chi connectivity index (χ3v) is 3.28. The smallest absolute Gasteiger partial charge is 0.287 e. The molecule has 2 N–H and O–H groups in total. The van der Waals surface area contributed by atoms with Crippen molar-refractivity contribution in [2.75, 3.05) is 25.1 Å². The zero-order valence-corrected chi connectivity index (χ0v) is 10.8. The van der Waals surface area contributed by atoms with Gasteiger partial charge in [-0.1, -0.05) is 0 Å². The number of hydrogen-bond acceptors (Lipinski definition) is 6. The maximum Gasteiger partial charge on any atom is 0.287 e. The van der Waals surface area contributed by atoms with Crippen LogP contribution in [0.2, 0.25) is 0 Å². The first-order chi connectivity index (χ1) is 9.00. The lowest BCUT2D eigenvalue weighted by Crippen LogP contribution is -2.42. The minimum absolute atomic E-state index is 0.0344. The minimum Gasteiger partial charge on any atom is -0.388 e. The maximum absolute atomic E-state index is 10.6. The third kappa shape index (κ3) is 3.39. The first-order valence-corrected chi connectivity index (χ1v) is 6.15. The van der Waals surface area contributed by atoms with Crippen molar-refractivity contribution in [1.82, 2.24) is 4.98 Å². The van der Waals surface area contributed by atoms with Crippen LogP contribution in [0.5, 0.6) is 0 Å². The van der Waals surface area contributed by atoms with Gasteiger partial charge in [-0.25, -0.2) is 4.98 Å². The SMILES string of the molecule is Cc1cc([N+](=O)[O-])cnc1NCC1(O)CCOCC1. The molecule has 1 aliphatic rings. The van der Waals surface area contributed by atoms with Gasteiger partial charge in [-0.2, -0.15) is 0 Å². The molecule has 19 heavy (non-hydrogen) atoms. The molecule has 0 atom stereocenters. The van der Waals surface area contributed by atoms with Crippen LogP contribution in [0.4, 0.5) is 11.5 Å². The van der Waals surface area contributed by atoms with Crippen LogP contribution in [0, 0.1) is 17.0 Å². The summed E-state index contributed by atoms with van der Waals surface area (Å²) in [5, 5.41) is 23.9. The highest BCUT2D eigenvalue weighted by molar-refractivity contribution is 5.48. The molecule has 1 saturated heterocycles. The average molecular weight is 267 g/mol. The molecular weight excluding hydrogens is 250 g/mol. The molecule has 0 aromatic carbocycles. The Labute approximate surface area is 110 Å². The summed E-state index contributed by atoms with van der Waals surface area (Å²) in [5.74, 6) is 0.561. The molecule has 0 aliphatic carbocycles. The molecule has 0 radical (unpaired) electrons. The molecule has 1 aromatic heterocycles. The van der Waals surface area contributed by atoms with Gasteiger partial charge < -0.3 is 15.2 Å². The number of nitrogens with one attached hydrogen (secondary N) is 1. The highest BCUT2D eigenvalue weighted by Gasteiger charge is 2.29. The lowest BCUT2D eigenvalue weighted by atomic mass is 9.94. The molecule has 2 rings (SSSR count). The Hall–Kier alpha value is -1.73. The van der Waals surface area contributed by atoms with Gasteiger partial charge in [0.05, 0.1) is 10.5 Å². The van der Waals surface area contributed by atoms with E-state index < -0.39 is 10.5 Å². The maximum atomic E-state index is 10.6. The van der Waals surface area contributed by atoms with Gasteiger partial charge in [0.25, 0.3) is 5.69 Å². The van der Waals surface area contributed by atoms with Crippen molar-refractivity contribution in [3.8, 4) is 0 Å². The van der Waals surface area contributed by atoms with Gasteiger partial charge in [0.15, 0.2) is 0 Å². The summed E-state index contributed by atoms with van der Waals surface area (Å²) in [5.41, 5.74) is -0.147. The van der Waals surface area contributed by atoms with Crippen LogP contribution in [0.3, 0.4) is 0 Å². The summed E-state index contributed by atoms with van der Waals surface area (Å²) in [6, 6.07) is 1.46. The van der Waals surface area contributed by atoms with Crippen molar-refractivity contribution in [3.05, 3.63) is 27.9 Å². The van der Waals surface area contributed by atoms with Crippen LogP contribution in [-0.2, 0) is 4.74 Å². The highest BCUT2D eigenvalue weighted by atomic mass is 16.6. The van der Waals surface area contributed by atoms with Crippen LogP contribution >= 0.6 is 0 Å². The van der Waals surface area contributed by atoms with E-state index in [1.807, 2.05) is 0 Å². The van der Waals surface area contributed by atoms with E-state index in [1.54, 1.807) is 6.92 Å². The van der Waals surface area contributed by atoms with Gasteiger partial charge in [-0.05, 0) is 12.5 Å². The fraction of sp³-hybridized carbons (Fsp3) is 0.583. The molecule has 7 nitrogen and oxygen atoms in total. The summed E-state index contributed by atoms with van der Waals surface area (Å²) in [7, 11) is 0. The van der Waals surface area contributed by atoms with Gasteiger partial charge in [0.2, 0.25) is 0 Å². The summed E-state index contributed by atoms with van der Waals surface area (Å²) in [6.45, 7) is 3.20. The third-order valence-electron chi connectivity index (χ3n) is 3.28. The molecular formula is C12H17N3O4. The van der Waals surface area contributed by atoms with Gasteiger partial charge >= 0.3 is 0 Å². The number of ether oxygens (including phenoxy) is 1. The monoisotopic (exact) mass is 267 g/mol. The standard InChI is InChI=1S/C12H17N3O4/c1-9-6-10(15(17)18)7-13-11(9)14-8-12(16)2-4-19-5-3-12/h6-7,16H,2-5,8H2,1H3,(H,13,14). The molecule has 1 aliphatic heterocycles. The van der Waals surface area contributed by atoms with Crippen LogP contribution in [0.25, 0.3) is 0 Å². The number of aryl methyl sites for hydroxylation is 1. The second-order valence-corrected chi connectivity index (χ2v) is 4.81. The van der Waals surface area contributed by atoms with Crippen LogP contribution in [0.1, 0.15) is 18.4 Å². The summed E-state index contributed by atoms with van der Waals surface area (Å²) in [4.78, 5) is 14.2. The zero-order chi connectivity index (χ0) is 13.9. The van der Waals surface area contributed by atoms with Crippen LogP contribution in [-0.4, -0.2) is 40.4 Å². The van der Waals surface area contributed by atoms with E-state index in [9.17, 15) is 15.2 Å². The number of nitro groups is 1. The van der Waals surface area contributed by atoms with E-state index >= 15 is 0 Å². The molecule has 7 heteroatoms. The number of hydrogen-bond donors (Lipinski definition) is 2. The number of aliphatic hydroxyl groups is 1. The first kappa shape index (κ1) is 13.7. The van der Waals surface area contributed by atoms with E-state index in [-0.39, 0.29) is 5.69 Å². The Morgan fingerprint density at radius 1 is 1.58 bits per heavy atom. The quantitative estimate of drug-likeness (QED) is 0.629. The van der Waals surface area contributed by atoms with Crippen LogP contribution < -0.4 is 5.32 Å². The van der Waals surface area contributed by atoms with Gasteiger partial charge in [-0.15, -0.1) is 0 Å². The largest absolute Gasteiger partial charge is 0.388 e. The van der Waals surface area contributed by atoms with Crippen molar-refractivity contribution < 1.29 is 14.8 Å². The molecule has 1 aromatic rings. The second kappa shape index (κ2) is 5.50. The minimum atomic E-state index is -0.797. The van der Waals surface area contributed by atoms with E-state index in [0.717, 1.165) is 0 Å². The molecule has 104 valence electrons.